The highest BCUT2D eigenvalue weighted by atomic mass is 35.5. The Morgan fingerprint density at radius 1 is 0.882 bits per heavy atom. The van der Waals surface area contributed by atoms with E-state index in [2.05, 4.69) is 4.98 Å². The molecule has 1 fully saturated rings. The van der Waals surface area contributed by atoms with Gasteiger partial charge in [-0.2, -0.15) is 0 Å². The number of rotatable bonds is 15. The molecule has 1 aliphatic rings. The monoisotopic (exact) mass is 758 g/mol. The summed E-state index contributed by atoms with van der Waals surface area (Å²) in [6.45, 7) is 1.73. The van der Waals surface area contributed by atoms with E-state index in [1.807, 2.05) is 36.4 Å². The maximum absolute atomic E-state index is 13.9. The molecule has 1 aliphatic heterocycles. The normalized spacial score (nSPS) is 13.2. The van der Waals surface area contributed by atoms with Crippen LogP contribution in [0, 0.1) is 0 Å². The lowest BCUT2D eigenvalue weighted by Crippen LogP contribution is -2.48. The van der Waals surface area contributed by atoms with Gasteiger partial charge in [0.15, 0.2) is 0 Å². The van der Waals surface area contributed by atoms with E-state index in [4.69, 9.17) is 32.7 Å². The number of aromatic nitrogens is 1. The van der Waals surface area contributed by atoms with Gasteiger partial charge < -0.3 is 39.4 Å². The number of nitrogens with zero attached hydrogens (tertiary/aromatic N) is 3. The molecule has 51 heavy (non-hydrogen) atoms. The standard InChI is InChI=1S/C36H40Cl2N4O8S/c37-28-8-6-24(22-29(28)38)10-15-41(36(48)50-23-25-4-2-1-3-5-25)17-12-31(44)42(27-13-20-49-21-14-27)19-18-40(35(46)47)16-11-26-7-9-30(43)32-33(26)51-34(45)39-32/h1-9,22,27,43H,10-21,23H2,(H,39,45)(H,46,47). The third-order valence-electron chi connectivity index (χ3n) is 8.84. The third-order valence-corrected chi connectivity index (χ3v) is 10.5. The van der Waals surface area contributed by atoms with E-state index in [-0.39, 0.29) is 68.3 Å². The number of carboxylic acid groups (broad SMARTS) is 1. The Hall–Kier alpha value is -4.30. The predicted octanol–water partition coefficient (Wildman–Crippen LogP) is 6.40. The van der Waals surface area contributed by atoms with Crippen LogP contribution >= 0.6 is 34.5 Å². The van der Waals surface area contributed by atoms with Crippen LogP contribution in [0.2, 0.25) is 10.0 Å². The molecule has 2 heterocycles. The second-order valence-corrected chi connectivity index (χ2v) is 14.0. The van der Waals surface area contributed by atoms with Gasteiger partial charge in [-0.25, -0.2) is 9.59 Å². The number of H-pyrrole nitrogens is 1. The summed E-state index contributed by atoms with van der Waals surface area (Å²) in [5, 5.41) is 21.0. The minimum atomic E-state index is -1.14. The van der Waals surface area contributed by atoms with Crippen molar-refractivity contribution in [2.75, 3.05) is 45.9 Å². The van der Waals surface area contributed by atoms with Crippen molar-refractivity contribution < 1.29 is 34.1 Å². The zero-order valence-corrected chi connectivity index (χ0v) is 30.2. The highest BCUT2D eigenvalue weighted by molar-refractivity contribution is 7.16. The Morgan fingerprint density at radius 3 is 2.35 bits per heavy atom. The lowest BCUT2D eigenvalue weighted by atomic mass is 10.1. The molecule has 1 saturated heterocycles. The summed E-state index contributed by atoms with van der Waals surface area (Å²) in [6.07, 6.45) is 0.285. The van der Waals surface area contributed by atoms with Crippen molar-refractivity contribution in [3.8, 4) is 5.75 Å². The Kier molecular flexibility index (Phi) is 13.6. The summed E-state index contributed by atoms with van der Waals surface area (Å²) >= 11 is 13.3. The fraction of sp³-hybridized carbons (Fsp3) is 0.389. The number of halogens is 2. The van der Waals surface area contributed by atoms with E-state index >= 15 is 0 Å². The fourth-order valence-electron chi connectivity index (χ4n) is 6.00. The smallest absolute Gasteiger partial charge is 0.410 e. The molecule has 0 spiro atoms. The summed E-state index contributed by atoms with van der Waals surface area (Å²) in [5.41, 5.74) is 2.76. The zero-order chi connectivity index (χ0) is 36.3. The van der Waals surface area contributed by atoms with Gasteiger partial charge in [0.05, 0.1) is 14.7 Å². The number of aromatic amines is 1. The van der Waals surface area contributed by atoms with Gasteiger partial charge in [-0.1, -0.05) is 77.0 Å². The van der Waals surface area contributed by atoms with E-state index in [0.29, 0.717) is 59.2 Å². The molecule has 272 valence electrons. The molecular weight excluding hydrogens is 719 g/mol. The number of carbonyl (C=O) groups is 3. The topological polar surface area (TPSA) is 153 Å². The second-order valence-electron chi connectivity index (χ2n) is 12.2. The molecule has 0 saturated carbocycles. The highest BCUT2D eigenvalue weighted by Crippen LogP contribution is 2.28. The summed E-state index contributed by atoms with van der Waals surface area (Å²) < 4.78 is 11.7. The van der Waals surface area contributed by atoms with Crippen LogP contribution in [0.1, 0.15) is 36.0 Å². The average Bonchev–Trinajstić information content (AvgIpc) is 3.54. The van der Waals surface area contributed by atoms with E-state index in [0.717, 1.165) is 28.0 Å². The second kappa shape index (κ2) is 18.3. The van der Waals surface area contributed by atoms with Gasteiger partial charge in [0.1, 0.15) is 17.9 Å². The van der Waals surface area contributed by atoms with Gasteiger partial charge in [-0.05, 0) is 60.6 Å². The molecule has 0 atom stereocenters. The summed E-state index contributed by atoms with van der Waals surface area (Å²) in [5.74, 6) is -0.259. The number of carbonyl (C=O) groups excluding carboxylic acids is 2. The fourth-order valence-corrected chi connectivity index (χ4v) is 7.22. The molecule has 3 N–H and O–H groups in total. The van der Waals surface area contributed by atoms with Crippen molar-refractivity contribution >= 4 is 62.8 Å². The van der Waals surface area contributed by atoms with Gasteiger partial charge >= 0.3 is 17.1 Å². The number of hydrogen-bond donors (Lipinski definition) is 3. The predicted molar refractivity (Wildman–Crippen MR) is 196 cm³/mol. The van der Waals surface area contributed by atoms with Crippen LogP contribution in [-0.4, -0.2) is 100.0 Å². The van der Waals surface area contributed by atoms with Crippen molar-refractivity contribution in [1.29, 1.82) is 0 Å². The van der Waals surface area contributed by atoms with Crippen molar-refractivity contribution in [3.05, 3.63) is 97.1 Å². The number of amides is 3. The molecule has 0 radical (unpaired) electrons. The molecule has 0 bridgehead atoms. The number of fused-ring (bicyclic) bond motifs is 1. The summed E-state index contributed by atoms with van der Waals surface area (Å²) in [7, 11) is 0. The van der Waals surface area contributed by atoms with Gasteiger partial charge in [0, 0.05) is 58.4 Å². The maximum atomic E-state index is 13.9. The minimum Gasteiger partial charge on any atom is -0.506 e. The Morgan fingerprint density at radius 2 is 1.63 bits per heavy atom. The number of phenols is 1. The van der Waals surface area contributed by atoms with Gasteiger partial charge in [0.2, 0.25) is 5.91 Å². The molecule has 5 rings (SSSR count). The first kappa shape index (κ1) is 37.9. The number of phenolic OH excluding ortho intramolecular Hbond substituents is 1. The van der Waals surface area contributed by atoms with Crippen LogP contribution in [0.3, 0.4) is 0 Å². The van der Waals surface area contributed by atoms with Crippen molar-refractivity contribution in [2.24, 2.45) is 0 Å². The summed E-state index contributed by atoms with van der Waals surface area (Å²) in [6, 6.07) is 17.6. The first-order valence-corrected chi connectivity index (χ1v) is 18.2. The highest BCUT2D eigenvalue weighted by Gasteiger charge is 2.28. The SMILES string of the molecule is O=C(O)N(CCc1ccc(O)c2[nH]c(=O)sc12)CCN(C(=O)CCN(CCc1ccc(Cl)c(Cl)c1)C(=O)OCc1ccccc1)C1CCOCC1. The molecule has 0 aliphatic carbocycles. The van der Waals surface area contributed by atoms with Gasteiger partial charge in [-0.3, -0.25) is 9.59 Å². The Bertz CT molecular complexity index is 1860. The van der Waals surface area contributed by atoms with E-state index < -0.39 is 12.2 Å². The van der Waals surface area contributed by atoms with Crippen LogP contribution in [0.15, 0.2) is 65.5 Å². The van der Waals surface area contributed by atoms with Gasteiger partial charge in [0.25, 0.3) is 0 Å². The molecule has 3 amide bonds. The van der Waals surface area contributed by atoms with E-state index in [9.17, 15) is 29.4 Å². The summed E-state index contributed by atoms with van der Waals surface area (Å²) in [4.78, 5) is 58.3. The van der Waals surface area contributed by atoms with Crippen LogP contribution in [0.4, 0.5) is 9.59 Å². The Labute approximate surface area is 309 Å². The van der Waals surface area contributed by atoms with E-state index in [1.54, 1.807) is 23.1 Å². The average molecular weight is 760 g/mol. The number of nitrogens with one attached hydrogen (secondary N) is 1. The molecular formula is C36H40Cl2N4O8S. The lowest BCUT2D eigenvalue weighted by Gasteiger charge is -2.36. The minimum absolute atomic E-state index is 0.00410. The van der Waals surface area contributed by atoms with Crippen molar-refractivity contribution in [3.63, 3.8) is 0 Å². The van der Waals surface area contributed by atoms with Gasteiger partial charge in [-0.15, -0.1) is 0 Å². The number of aromatic hydroxyl groups is 1. The molecule has 1 aromatic heterocycles. The van der Waals surface area contributed by atoms with Crippen molar-refractivity contribution in [1.82, 2.24) is 19.7 Å². The Balaban J connectivity index is 1.25. The molecule has 4 aromatic rings. The van der Waals surface area contributed by atoms with Crippen LogP contribution in [-0.2, 0) is 33.7 Å². The van der Waals surface area contributed by atoms with Crippen LogP contribution in [0.5, 0.6) is 5.75 Å². The van der Waals surface area contributed by atoms with Crippen LogP contribution in [0.25, 0.3) is 10.2 Å². The number of benzene rings is 3. The molecule has 15 heteroatoms. The van der Waals surface area contributed by atoms with Crippen LogP contribution < -0.4 is 4.87 Å². The van der Waals surface area contributed by atoms with Crippen molar-refractivity contribution in [2.45, 2.75) is 44.8 Å². The molecule has 3 aromatic carbocycles. The molecule has 12 nitrogen and oxygen atoms in total. The first-order chi connectivity index (χ1) is 24.6. The molecule has 0 unspecified atom stereocenters. The maximum Gasteiger partial charge on any atom is 0.410 e. The quantitative estimate of drug-likeness (QED) is 0.126. The zero-order valence-electron chi connectivity index (χ0n) is 27.9. The third kappa shape index (κ3) is 10.6. The largest absolute Gasteiger partial charge is 0.506 e. The number of thiazole rings is 1. The number of hydrogen-bond acceptors (Lipinski definition) is 8. The number of ether oxygens (including phenoxy) is 2. The lowest BCUT2D eigenvalue weighted by molar-refractivity contribution is -0.136. The van der Waals surface area contributed by atoms with E-state index in [1.165, 1.54) is 15.9 Å². The first-order valence-electron chi connectivity index (χ1n) is 16.7.